The molecule has 0 N–H and O–H groups in total. The van der Waals surface area contributed by atoms with Crippen molar-refractivity contribution in [2.45, 2.75) is 71.1 Å². The Kier molecular flexibility index (Phi) is 5.17. The van der Waals surface area contributed by atoms with Crippen molar-refractivity contribution in [3.8, 4) is 0 Å². The van der Waals surface area contributed by atoms with Gasteiger partial charge >= 0.3 is 5.97 Å². The van der Waals surface area contributed by atoms with E-state index in [9.17, 15) is 13.2 Å². The third kappa shape index (κ3) is 4.74. The molecular formula is C14H22O8S. The zero-order valence-electron chi connectivity index (χ0n) is 13.7. The summed E-state index contributed by atoms with van der Waals surface area (Å²) in [6.45, 7) is 7.89. The summed E-state index contributed by atoms with van der Waals surface area (Å²) in [5, 5.41) is 0.889. The summed E-state index contributed by atoms with van der Waals surface area (Å²) < 4.78 is 50.3. The van der Waals surface area contributed by atoms with Crippen LogP contribution in [0.15, 0.2) is 11.5 Å². The van der Waals surface area contributed by atoms with Crippen molar-refractivity contribution in [3.63, 3.8) is 0 Å². The predicted molar refractivity (Wildman–Crippen MR) is 78.5 cm³/mol. The standard InChI is InChI=1S/C14H22O8S/c1-8(2)22-23(16,17)7-6-10-11(18-9(3)15)12-13(19-10)21-14(4,5)20-12/h6-8,10-13H,1-5H3/b7-6+/t10-,11+,12-,13-/m1/s1. The quantitative estimate of drug-likeness (QED) is 0.536. The van der Waals surface area contributed by atoms with E-state index >= 15 is 0 Å². The van der Waals surface area contributed by atoms with Gasteiger partial charge in [0.1, 0.15) is 6.10 Å². The molecule has 2 fully saturated rings. The van der Waals surface area contributed by atoms with E-state index in [1.807, 2.05) is 0 Å². The molecule has 23 heavy (non-hydrogen) atoms. The molecule has 2 rings (SSSR count). The van der Waals surface area contributed by atoms with Crippen LogP contribution in [0.4, 0.5) is 0 Å². The molecule has 0 aromatic carbocycles. The molecule has 0 aromatic rings. The fourth-order valence-electron chi connectivity index (χ4n) is 2.46. The van der Waals surface area contributed by atoms with E-state index in [1.54, 1.807) is 27.7 Å². The second-order valence-corrected chi connectivity index (χ2v) is 7.56. The Hall–Kier alpha value is -1.00. The van der Waals surface area contributed by atoms with Gasteiger partial charge in [0.2, 0.25) is 0 Å². The Labute approximate surface area is 135 Å². The average Bonchev–Trinajstić information content (AvgIpc) is 2.78. The van der Waals surface area contributed by atoms with E-state index in [0.29, 0.717) is 0 Å². The van der Waals surface area contributed by atoms with Crippen LogP contribution >= 0.6 is 0 Å². The molecule has 0 radical (unpaired) electrons. The Bertz CT molecular complexity index is 580. The van der Waals surface area contributed by atoms with Crippen molar-refractivity contribution in [2.75, 3.05) is 0 Å². The lowest BCUT2D eigenvalue weighted by atomic mass is 10.1. The summed E-state index contributed by atoms with van der Waals surface area (Å²) in [6.07, 6.45) is -2.19. The minimum atomic E-state index is -3.85. The van der Waals surface area contributed by atoms with Crippen molar-refractivity contribution >= 4 is 16.1 Å². The second kappa shape index (κ2) is 6.48. The molecule has 2 heterocycles. The second-order valence-electron chi connectivity index (χ2n) is 6.11. The van der Waals surface area contributed by atoms with Gasteiger partial charge in [-0.05, 0) is 33.8 Å². The maximum absolute atomic E-state index is 11.7. The highest BCUT2D eigenvalue weighted by atomic mass is 32.2. The van der Waals surface area contributed by atoms with Crippen LogP contribution in [0.2, 0.25) is 0 Å². The zero-order valence-corrected chi connectivity index (χ0v) is 14.5. The van der Waals surface area contributed by atoms with Crippen LogP contribution in [0.5, 0.6) is 0 Å². The molecule has 8 nitrogen and oxygen atoms in total. The van der Waals surface area contributed by atoms with Crippen LogP contribution < -0.4 is 0 Å². The minimum absolute atomic E-state index is 0.481. The highest BCUT2D eigenvalue weighted by Gasteiger charge is 2.55. The molecule has 4 atom stereocenters. The number of carbonyl (C=O) groups is 1. The normalized spacial score (nSPS) is 33.3. The minimum Gasteiger partial charge on any atom is -0.456 e. The highest BCUT2D eigenvalue weighted by molar-refractivity contribution is 7.89. The van der Waals surface area contributed by atoms with Gasteiger partial charge in [0.05, 0.1) is 11.5 Å². The van der Waals surface area contributed by atoms with Crippen molar-refractivity contribution in [2.24, 2.45) is 0 Å². The lowest BCUT2D eigenvalue weighted by Crippen LogP contribution is -2.37. The van der Waals surface area contributed by atoms with E-state index in [1.165, 1.54) is 13.0 Å². The van der Waals surface area contributed by atoms with Crippen LogP contribution in [0.3, 0.4) is 0 Å². The molecule has 0 saturated carbocycles. The van der Waals surface area contributed by atoms with Crippen molar-refractivity contribution in [1.82, 2.24) is 0 Å². The molecule has 132 valence electrons. The number of hydrogen-bond donors (Lipinski definition) is 0. The van der Waals surface area contributed by atoms with Gasteiger partial charge in [0.15, 0.2) is 24.3 Å². The summed E-state index contributed by atoms with van der Waals surface area (Å²) in [6, 6.07) is 0. The summed E-state index contributed by atoms with van der Waals surface area (Å²) in [5.41, 5.74) is 0. The number of ether oxygens (including phenoxy) is 4. The van der Waals surface area contributed by atoms with Gasteiger partial charge < -0.3 is 18.9 Å². The molecule has 0 aliphatic carbocycles. The average molecular weight is 350 g/mol. The molecular weight excluding hydrogens is 328 g/mol. The van der Waals surface area contributed by atoms with Crippen LogP contribution in [0, 0.1) is 0 Å². The van der Waals surface area contributed by atoms with Crippen molar-refractivity contribution < 1.29 is 36.3 Å². The topological polar surface area (TPSA) is 97.4 Å². The van der Waals surface area contributed by atoms with Gasteiger partial charge in [-0.3, -0.25) is 8.98 Å². The molecule has 2 saturated heterocycles. The maximum Gasteiger partial charge on any atom is 0.303 e. The van der Waals surface area contributed by atoms with Crippen molar-refractivity contribution in [3.05, 3.63) is 11.5 Å². The van der Waals surface area contributed by atoms with Gasteiger partial charge in [-0.25, -0.2) is 0 Å². The molecule has 0 bridgehead atoms. The van der Waals surface area contributed by atoms with Gasteiger partial charge in [0, 0.05) is 6.92 Å². The largest absolute Gasteiger partial charge is 0.456 e. The first-order valence-electron chi connectivity index (χ1n) is 7.29. The number of esters is 1. The molecule has 0 unspecified atom stereocenters. The Morgan fingerprint density at radius 1 is 1.26 bits per heavy atom. The van der Waals surface area contributed by atoms with E-state index in [0.717, 1.165) is 5.41 Å². The van der Waals surface area contributed by atoms with Gasteiger partial charge in [-0.1, -0.05) is 0 Å². The lowest BCUT2D eigenvalue weighted by Gasteiger charge is -2.23. The van der Waals surface area contributed by atoms with E-state index in [2.05, 4.69) is 0 Å². The van der Waals surface area contributed by atoms with Gasteiger partial charge in [-0.15, -0.1) is 0 Å². The maximum atomic E-state index is 11.7. The van der Waals surface area contributed by atoms with Gasteiger partial charge in [0.25, 0.3) is 10.1 Å². The van der Waals surface area contributed by atoms with E-state index in [-0.39, 0.29) is 0 Å². The van der Waals surface area contributed by atoms with Crippen LogP contribution in [0.1, 0.15) is 34.6 Å². The lowest BCUT2D eigenvalue weighted by molar-refractivity contribution is -0.212. The molecule has 0 aromatic heterocycles. The SMILES string of the molecule is CC(=O)O[C@@H]1[C@H]2OC(C)(C)O[C@H]2O[C@@H]1/C=C/S(=O)(=O)OC(C)C. The summed E-state index contributed by atoms with van der Waals surface area (Å²) in [4.78, 5) is 11.3. The monoisotopic (exact) mass is 350 g/mol. The first kappa shape index (κ1) is 18.3. The first-order chi connectivity index (χ1) is 10.5. The number of carbonyl (C=O) groups excluding carboxylic acids is 1. The molecule has 0 spiro atoms. The summed E-state index contributed by atoms with van der Waals surface area (Å²) in [7, 11) is -3.85. The van der Waals surface area contributed by atoms with Crippen LogP contribution in [-0.4, -0.2) is 50.9 Å². The highest BCUT2D eigenvalue weighted by Crippen LogP contribution is 2.39. The van der Waals surface area contributed by atoms with E-state index in [4.69, 9.17) is 23.1 Å². The van der Waals surface area contributed by atoms with E-state index < -0.39 is 52.6 Å². The first-order valence-corrected chi connectivity index (χ1v) is 8.76. The Balaban J connectivity index is 2.14. The molecule has 2 aliphatic rings. The summed E-state index contributed by atoms with van der Waals surface area (Å²) in [5.74, 6) is -1.39. The zero-order chi connectivity index (χ0) is 17.4. The fraction of sp³-hybridized carbons (Fsp3) is 0.786. The predicted octanol–water partition coefficient (Wildman–Crippen LogP) is 1.06. The van der Waals surface area contributed by atoms with Crippen LogP contribution in [0.25, 0.3) is 0 Å². The smallest absolute Gasteiger partial charge is 0.303 e. The number of rotatable bonds is 5. The van der Waals surface area contributed by atoms with Crippen LogP contribution in [-0.2, 0) is 38.0 Å². The Morgan fingerprint density at radius 3 is 2.48 bits per heavy atom. The molecule has 0 amide bonds. The summed E-state index contributed by atoms with van der Waals surface area (Å²) >= 11 is 0. The third-order valence-electron chi connectivity index (χ3n) is 3.09. The third-order valence-corrected chi connectivity index (χ3v) is 4.23. The number of hydrogen-bond acceptors (Lipinski definition) is 8. The molecule has 9 heteroatoms. The van der Waals surface area contributed by atoms with Crippen molar-refractivity contribution in [1.29, 1.82) is 0 Å². The molecule has 2 aliphatic heterocycles. The van der Waals surface area contributed by atoms with Gasteiger partial charge in [-0.2, -0.15) is 8.42 Å². The Morgan fingerprint density at radius 2 is 1.91 bits per heavy atom. The number of fused-ring (bicyclic) bond motifs is 1. The fourth-order valence-corrected chi connectivity index (χ4v) is 3.41.